The van der Waals surface area contributed by atoms with E-state index < -0.39 is 0 Å². The minimum atomic E-state index is -0.0473. The Morgan fingerprint density at radius 1 is 1.21 bits per heavy atom. The zero-order chi connectivity index (χ0) is 22.9. The number of carbonyl (C=O) groups excluding carboxylic acids is 1. The summed E-state index contributed by atoms with van der Waals surface area (Å²) in [5, 5.41) is 3.89. The average molecular weight is 447 g/mol. The van der Waals surface area contributed by atoms with Crippen LogP contribution in [0.1, 0.15) is 40.7 Å². The minimum absolute atomic E-state index is 0.0473. The maximum absolute atomic E-state index is 12.1. The quantitative estimate of drug-likeness (QED) is 0.477. The first kappa shape index (κ1) is 21.5. The highest BCUT2D eigenvalue weighted by atomic mass is 16.5. The summed E-state index contributed by atoms with van der Waals surface area (Å²) in [6, 6.07) is 12.6. The predicted molar refractivity (Wildman–Crippen MR) is 129 cm³/mol. The zero-order valence-electron chi connectivity index (χ0n) is 19.4. The van der Waals surface area contributed by atoms with E-state index in [1.165, 1.54) is 10.9 Å². The molecule has 2 aromatic carbocycles. The molecule has 1 aliphatic heterocycles. The molecule has 0 saturated carbocycles. The Labute approximate surface area is 193 Å². The number of ether oxygens (including phenoxy) is 1. The van der Waals surface area contributed by atoms with Crippen molar-refractivity contribution in [1.29, 1.82) is 0 Å². The second-order valence-electron chi connectivity index (χ2n) is 8.76. The number of oxazole rings is 1. The van der Waals surface area contributed by atoms with Crippen molar-refractivity contribution in [1.82, 2.24) is 19.8 Å². The third-order valence-corrected chi connectivity index (χ3v) is 6.76. The SMILES string of the molecule is CNC(=O)c1ccc2ccn(C3CCN(CCc4cc5nc(C)oc5cc4OC)CC3)c2c1. The van der Waals surface area contributed by atoms with Crippen molar-refractivity contribution in [2.45, 2.75) is 32.2 Å². The maximum atomic E-state index is 12.1. The van der Waals surface area contributed by atoms with Gasteiger partial charge in [-0.1, -0.05) is 6.07 Å². The zero-order valence-corrected chi connectivity index (χ0v) is 19.4. The number of piperidine rings is 1. The van der Waals surface area contributed by atoms with Crippen LogP contribution in [0, 0.1) is 6.92 Å². The van der Waals surface area contributed by atoms with Gasteiger partial charge in [-0.05, 0) is 54.5 Å². The number of nitrogens with zero attached hydrogens (tertiary/aromatic N) is 3. The number of methoxy groups -OCH3 is 1. The molecule has 0 atom stereocenters. The molecule has 7 nitrogen and oxygen atoms in total. The topological polar surface area (TPSA) is 72.5 Å². The number of rotatable bonds is 6. The largest absolute Gasteiger partial charge is 0.496 e. The fourth-order valence-electron chi connectivity index (χ4n) is 4.95. The molecule has 1 fully saturated rings. The van der Waals surface area contributed by atoms with Gasteiger partial charge in [0.2, 0.25) is 0 Å². The first-order valence-corrected chi connectivity index (χ1v) is 11.5. The fourth-order valence-corrected chi connectivity index (χ4v) is 4.95. The Morgan fingerprint density at radius 3 is 2.79 bits per heavy atom. The molecule has 0 spiro atoms. The van der Waals surface area contributed by atoms with Crippen LogP contribution in [0.5, 0.6) is 5.75 Å². The molecule has 33 heavy (non-hydrogen) atoms. The summed E-state index contributed by atoms with van der Waals surface area (Å²) < 4.78 is 13.6. The first-order chi connectivity index (χ1) is 16.1. The van der Waals surface area contributed by atoms with E-state index in [9.17, 15) is 4.79 Å². The molecule has 0 radical (unpaired) electrons. The number of amides is 1. The van der Waals surface area contributed by atoms with Crippen LogP contribution in [-0.2, 0) is 6.42 Å². The van der Waals surface area contributed by atoms with Crippen LogP contribution in [-0.4, -0.2) is 54.1 Å². The third kappa shape index (κ3) is 4.20. The second-order valence-corrected chi connectivity index (χ2v) is 8.76. The molecule has 1 amide bonds. The van der Waals surface area contributed by atoms with E-state index in [0.717, 1.165) is 61.3 Å². The normalized spacial score (nSPS) is 15.4. The lowest BCUT2D eigenvalue weighted by molar-refractivity contribution is 0.0963. The van der Waals surface area contributed by atoms with Crippen molar-refractivity contribution < 1.29 is 13.9 Å². The molecule has 3 heterocycles. The van der Waals surface area contributed by atoms with Crippen molar-refractivity contribution in [2.24, 2.45) is 0 Å². The van der Waals surface area contributed by atoms with Gasteiger partial charge in [-0.2, -0.15) is 0 Å². The molecule has 5 rings (SSSR count). The highest BCUT2D eigenvalue weighted by Crippen LogP contribution is 2.30. The molecule has 0 unspecified atom stereocenters. The van der Waals surface area contributed by atoms with Crippen LogP contribution in [0.3, 0.4) is 0 Å². The molecule has 1 saturated heterocycles. The van der Waals surface area contributed by atoms with Gasteiger partial charge in [0.1, 0.15) is 11.3 Å². The molecular weight excluding hydrogens is 416 g/mol. The smallest absolute Gasteiger partial charge is 0.251 e. The van der Waals surface area contributed by atoms with E-state index in [2.05, 4.69) is 38.1 Å². The van der Waals surface area contributed by atoms with Gasteiger partial charge in [-0.25, -0.2) is 4.98 Å². The van der Waals surface area contributed by atoms with Gasteiger partial charge in [0.25, 0.3) is 5.91 Å². The Morgan fingerprint density at radius 2 is 2.03 bits per heavy atom. The number of nitrogens with one attached hydrogen (secondary N) is 1. The molecule has 0 bridgehead atoms. The van der Waals surface area contributed by atoms with Gasteiger partial charge in [0.15, 0.2) is 11.5 Å². The molecule has 1 N–H and O–H groups in total. The second kappa shape index (κ2) is 8.90. The Bertz CT molecular complexity index is 1300. The van der Waals surface area contributed by atoms with Crippen LogP contribution in [0.2, 0.25) is 0 Å². The Kier molecular flexibility index (Phi) is 5.81. The third-order valence-electron chi connectivity index (χ3n) is 6.76. The molecular formula is C26H30N4O3. The molecule has 7 heteroatoms. The van der Waals surface area contributed by atoms with Gasteiger partial charge in [0, 0.05) is 63.0 Å². The highest BCUT2D eigenvalue weighted by Gasteiger charge is 2.22. The molecule has 0 aliphatic carbocycles. The summed E-state index contributed by atoms with van der Waals surface area (Å²) in [5.74, 6) is 1.49. The summed E-state index contributed by atoms with van der Waals surface area (Å²) in [7, 11) is 3.37. The molecule has 4 aromatic rings. The number of hydrogen-bond donors (Lipinski definition) is 1. The van der Waals surface area contributed by atoms with E-state index in [4.69, 9.17) is 9.15 Å². The van der Waals surface area contributed by atoms with Gasteiger partial charge < -0.3 is 23.9 Å². The standard InChI is InChI=1S/C26H30N4O3/c1-17-28-22-14-19(24(32-3)16-25(22)33-17)6-10-29-11-8-21(9-12-29)30-13-7-18-4-5-20(15-23(18)30)26(31)27-2/h4-5,7,13-16,21H,6,8-12H2,1-3H3,(H,27,31). The summed E-state index contributed by atoms with van der Waals surface area (Å²) in [6.45, 7) is 4.95. The van der Waals surface area contributed by atoms with Crippen LogP contribution in [0.15, 0.2) is 47.0 Å². The van der Waals surface area contributed by atoms with Crippen LogP contribution < -0.4 is 10.1 Å². The van der Waals surface area contributed by atoms with Crippen LogP contribution >= 0.6 is 0 Å². The fraction of sp³-hybridized carbons (Fsp3) is 0.385. The average Bonchev–Trinajstić information content (AvgIpc) is 3.43. The van der Waals surface area contributed by atoms with Crippen molar-refractivity contribution >= 4 is 27.9 Å². The van der Waals surface area contributed by atoms with Crippen LogP contribution in [0.25, 0.3) is 22.0 Å². The van der Waals surface area contributed by atoms with Gasteiger partial charge >= 0.3 is 0 Å². The Hall–Kier alpha value is -3.32. The van der Waals surface area contributed by atoms with Crippen molar-refractivity contribution in [3.63, 3.8) is 0 Å². The summed E-state index contributed by atoms with van der Waals surface area (Å²) >= 11 is 0. The van der Waals surface area contributed by atoms with Crippen molar-refractivity contribution in [3.05, 3.63) is 59.6 Å². The number of aryl methyl sites for hydroxylation is 1. The molecule has 2 aromatic heterocycles. The van der Waals surface area contributed by atoms with E-state index in [1.807, 2.05) is 31.2 Å². The van der Waals surface area contributed by atoms with E-state index in [-0.39, 0.29) is 5.91 Å². The lowest BCUT2D eigenvalue weighted by atomic mass is 10.0. The number of likely N-dealkylation sites (tertiary alicyclic amines) is 1. The Balaban J connectivity index is 1.25. The van der Waals surface area contributed by atoms with Gasteiger partial charge in [-0.15, -0.1) is 0 Å². The lowest BCUT2D eigenvalue weighted by Gasteiger charge is -2.33. The number of aromatic nitrogens is 2. The predicted octanol–water partition coefficient (Wildman–Crippen LogP) is 4.34. The maximum Gasteiger partial charge on any atom is 0.251 e. The number of benzene rings is 2. The van der Waals surface area contributed by atoms with E-state index in [0.29, 0.717) is 17.5 Å². The number of hydrogen-bond acceptors (Lipinski definition) is 5. The monoisotopic (exact) mass is 446 g/mol. The minimum Gasteiger partial charge on any atom is -0.496 e. The number of carbonyl (C=O) groups is 1. The highest BCUT2D eigenvalue weighted by molar-refractivity contribution is 5.97. The van der Waals surface area contributed by atoms with Gasteiger partial charge in [-0.3, -0.25) is 4.79 Å². The summed E-state index contributed by atoms with van der Waals surface area (Å²) in [5.41, 5.74) is 4.66. The lowest BCUT2D eigenvalue weighted by Crippen LogP contribution is -2.35. The van der Waals surface area contributed by atoms with E-state index in [1.54, 1.807) is 14.2 Å². The van der Waals surface area contributed by atoms with Crippen LogP contribution in [0.4, 0.5) is 0 Å². The molecule has 1 aliphatic rings. The van der Waals surface area contributed by atoms with Gasteiger partial charge in [0.05, 0.1) is 7.11 Å². The van der Waals surface area contributed by atoms with E-state index >= 15 is 0 Å². The first-order valence-electron chi connectivity index (χ1n) is 11.5. The molecule has 172 valence electrons. The summed E-state index contributed by atoms with van der Waals surface area (Å²) in [6.07, 6.45) is 5.26. The number of fused-ring (bicyclic) bond motifs is 2. The van der Waals surface area contributed by atoms with Crippen molar-refractivity contribution in [2.75, 3.05) is 33.8 Å². The van der Waals surface area contributed by atoms with Crippen molar-refractivity contribution in [3.8, 4) is 5.75 Å². The summed E-state index contributed by atoms with van der Waals surface area (Å²) in [4.78, 5) is 19.1.